The number of methoxy groups -OCH3 is 1. The van der Waals surface area contributed by atoms with E-state index < -0.39 is 0 Å². The van der Waals surface area contributed by atoms with Gasteiger partial charge in [0, 0.05) is 12.0 Å². The van der Waals surface area contributed by atoms with Gasteiger partial charge in [0.1, 0.15) is 5.75 Å². The molecule has 0 radical (unpaired) electrons. The molecule has 0 heterocycles. The Morgan fingerprint density at radius 2 is 2.00 bits per heavy atom. The highest BCUT2D eigenvalue weighted by Gasteiger charge is 2.11. The van der Waals surface area contributed by atoms with Gasteiger partial charge >= 0.3 is 0 Å². The standard InChI is InChI=1S/C12H16O3/c1-8-7-12(15-3)9(2)6-10(8)11(14)4-5-13/h6-7,13H,4-5H2,1-3H3. The lowest BCUT2D eigenvalue weighted by Gasteiger charge is -2.10. The lowest BCUT2D eigenvalue weighted by atomic mass is 9.99. The first-order valence-corrected chi connectivity index (χ1v) is 4.89. The van der Waals surface area contributed by atoms with Gasteiger partial charge in [0.25, 0.3) is 0 Å². The predicted octanol–water partition coefficient (Wildman–Crippen LogP) is 1.88. The van der Waals surface area contributed by atoms with E-state index in [2.05, 4.69) is 0 Å². The second-order valence-corrected chi connectivity index (χ2v) is 3.53. The van der Waals surface area contributed by atoms with Crippen LogP contribution in [0.1, 0.15) is 27.9 Å². The van der Waals surface area contributed by atoms with Crippen molar-refractivity contribution in [2.45, 2.75) is 20.3 Å². The molecule has 0 aliphatic heterocycles. The van der Waals surface area contributed by atoms with Crippen LogP contribution in [0.2, 0.25) is 0 Å². The van der Waals surface area contributed by atoms with Crippen molar-refractivity contribution >= 4 is 5.78 Å². The van der Waals surface area contributed by atoms with Crippen LogP contribution < -0.4 is 4.74 Å². The van der Waals surface area contributed by atoms with Crippen LogP contribution in [0, 0.1) is 13.8 Å². The van der Waals surface area contributed by atoms with Gasteiger partial charge in [-0.15, -0.1) is 0 Å². The maximum absolute atomic E-state index is 11.6. The van der Waals surface area contributed by atoms with Crippen LogP contribution >= 0.6 is 0 Å². The second kappa shape index (κ2) is 4.94. The van der Waals surface area contributed by atoms with Gasteiger partial charge in [0.05, 0.1) is 13.7 Å². The van der Waals surface area contributed by atoms with Crippen molar-refractivity contribution in [2.75, 3.05) is 13.7 Å². The van der Waals surface area contributed by atoms with E-state index in [0.29, 0.717) is 5.56 Å². The van der Waals surface area contributed by atoms with Gasteiger partial charge in [-0.1, -0.05) is 0 Å². The van der Waals surface area contributed by atoms with E-state index in [1.54, 1.807) is 7.11 Å². The molecular weight excluding hydrogens is 192 g/mol. The first-order chi connectivity index (χ1) is 7.10. The van der Waals surface area contributed by atoms with E-state index in [1.165, 1.54) is 0 Å². The van der Waals surface area contributed by atoms with E-state index in [-0.39, 0.29) is 18.8 Å². The monoisotopic (exact) mass is 208 g/mol. The molecule has 0 aliphatic rings. The van der Waals surface area contributed by atoms with E-state index in [4.69, 9.17) is 9.84 Å². The van der Waals surface area contributed by atoms with Gasteiger partial charge in [-0.05, 0) is 37.1 Å². The lowest BCUT2D eigenvalue weighted by Crippen LogP contribution is -2.05. The van der Waals surface area contributed by atoms with Gasteiger partial charge in [-0.2, -0.15) is 0 Å². The van der Waals surface area contributed by atoms with Crippen LogP contribution in [0.3, 0.4) is 0 Å². The Balaban J connectivity index is 3.10. The third kappa shape index (κ3) is 2.57. The molecule has 0 saturated carbocycles. The zero-order valence-corrected chi connectivity index (χ0v) is 9.33. The fourth-order valence-corrected chi connectivity index (χ4v) is 1.55. The van der Waals surface area contributed by atoms with Crippen LogP contribution in [0.25, 0.3) is 0 Å². The normalized spacial score (nSPS) is 10.1. The molecule has 0 spiro atoms. The van der Waals surface area contributed by atoms with Gasteiger partial charge in [-0.3, -0.25) is 4.79 Å². The zero-order chi connectivity index (χ0) is 11.4. The third-order valence-corrected chi connectivity index (χ3v) is 2.38. The van der Waals surface area contributed by atoms with Crippen molar-refractivity contribution in [3.05, 3.63) is 28.8 Å². The van der Waals surface area contributed by atoms with E-state index >= 15 is 0 Å². The van der Waals surface area contributed by atoms with Crippen molar-refractivity contribution in [2.24, 2.45) is 0 Å². The molecule has 0 aromatic heterocycles. The molecule has 1 aromatic rings. The number of ether oxygens (including phenoxy) is 1. The van der Waals surface area contributed by atoms with Gasteiger partial charge in [-0.25, -0.2) is 0 Å². The average Bonchev–Trinajstić information content (AvgIpc) is 2.21. The number of hydrogen-bond donors (Lipinski definition) is 1. The quantitative estimate of drug-likeness (QED) is 0.768. The number of aliphatic hydroxyl groups is 1. The Morgan fingerprint density at radius 1 is 1.33 bits per heavy atom. The first-order valence-electron chi connectivity index (χ1n) is 4.89. The summed E-state index contributed by atoms with van der Waals surface area (Å²) in [4.78, 5) is 11.6. The summed E-state index contributed by atoms with van der Waals surface area (Å²) in [5.41, 5.74) is 2.49. The number of aliphatic hydroxyl groups excluding tert-OH is 1. The number of carbonyl (C=O) groups is 1. The molecule has 0 amide bonds. The predicted molar refractivity (Wildman–Crippen MR) is 58.5 cm³/mol. The minimum absolute atomic E-state index is 0.0271. The molecule has 15 heavy (non-hydrogen) atoms. The summed E-state index contributed by atoms with van der Waals surface area (Å²) in [6.45, 7) is 3.66. The Hall–Kier alpha value is -1.35. The molecule has 1 aromatic carbocycles. The Labute approximate surface area is 89.7 Å². The molecule has 82 valence electrons. The molecule has 0 bridgehead atoms. The fourth-order valence-electron chi connectivity index (χ4n) is 1.55. The van der Waals surface area contributed by atoms with Gasteiger partial charge < -0.3 is 9.84 Å². The van der Waals surface area contributed by atoms with E-state index in [0.717, 1.165) is 16.9 Å². The van der Waals surface area contributed by atoms with Crippen molar-refractivity contribution < 1.29 is 14.6 Å². The highest BCUT2D eigenvalue weighted by Crippen LogP contribution is 2.23. The van der Waals surface area contributed by atoms with Crippen LogP contribution in [0.5, 0.6) is 5.75 Å². The largest absolute Gasteiger partial charge is 0.496 e. The first kappa shape index (κ1) is 11.7. The number of benzene rings is 1. The summed E-state index contributed by atoms with van der Waals surface area (Å²) >= 11 is 0. The molecule has 0 saturated heterocycles. The molecule has 0 atom stereocenters. The number of aryl methyl sites for hydroxylation is 2. The van der Waals surface area contributed by atoms with Gasteiger partial charge in [0.2, 0.25) is 0 Å². The number of rotatable bonds is 4. The Kier molecular flexibility index (Phi) is 3.86. The molecule has 3 nitrogen and oxygen atoms in total. The zero-order valence-electron chi connectivity index (χ0n) is 9.33. The van der Waals surface area contributed by atoms with E-state index in [1.807, 2.05) is 26.0 Å². The van der Waals surface area contributed by atoms with Crippen molar-refractivity contribution in [3.63, 3.8) is 0 Å². The maximum atomic E-state index is 11.6. The topological polar surface area (TPSA) is 46.5 Å². The van der Waals surface area contributed by atoms with Crippen molar-refractivity contribution in [3.8, 4) is 5.75 Å². The Bertz CT molecular complexity index is 369. The third-order valence-electron chi connectivity index (χ3n) is 2.38. The lowest BCUT2D eigenvalue weighted by molar-refractivity contribution is 0.0956. The second-order valence-electron chi connectivity index (χ2n) is 3.53. The average molecular weight is 208 g/mol. The summed E-state index contributed by atoms with van der Waals surface area (Å²) in [5.74, 6) is 0.758. The molecule has 0 aliphatic carbocycles. The highest BCUT2D eigenvalue weighted by molar-refractivity contribution is 5.97. The molecular formula is C12H16O3. The molecule has 1 N–H and O–H groups in total. The van der Waals surface area contributed by atoms with Crippen LogP contribution in [-0.2, 0) is 0 Å². The SMILES string of the molecule is COc1cc(C)c(C(=O)CCO)cc1C. The summed E-state index contributed by atoms with van der Waals surface area (Å²) in [6, 6.07) is 3.66. The van der Waals surface area contributed by atoms with Crippen molar-refractivity contribution in [1.29, 1.82) is 0 Å². The minimum Gasteiger partial charge on any atom is -0.496 e. The molecule has 0 unspecified atom stereocenters. The van der Waals surface area contributed by atoms with E-state index in [9.17, 15) is 4.79 Å². The summed E-state index contributed by atoms with van der Waals surface area (Å²) in [6.07, 6.45) is 0.173. The molecule has 1 rings (SSSR count). The van der Waals surface area contributed by atoms with Crippen LogP contribution in [-0.4, -0.2) is 24.6 Å². The van der Waals surface area contributed by atoms with Gasteiger partial charge in [0.15, 0.2) is 5.78 Å². The smallest absolute Gasteiger partial charge is 0.165 e. The maximum Gasteiger partial charge on any atom is 0.165 e. The van der Waals surface area contributed by atoms with Crippen LogP contribution in [0.4, 0.5) is 0 Å². The summed E-state index contributed by atoms with van der Waals surface area (Å²) < 4.78 is 5.16. The summed E-state index contributed by atoms with van der Waals surface area (Å²) in [7, 11) is 1.61. The van der Waals surface area contributed by atoms with Crippen molar-refractivity contribution in [1.82, 2.24) is 0 Å². The number of ketones is 1. The number of Topliss-reactive ketones (excluding diaryl/α,β-unsaturated/α-hetero) is 1. The van der Waals surface area contributed by atoms with Crippen LogP contribution in [0.15, 0.2) is 12.1 Å². The highest BCUT2D eigenvalue weighted by atomic mass is 16.5. The molecule has 0 fully saturated rings. The Morgan fingerprint density at radius 3 is 2.53 bits per heavy atom. The minimum atomic E-state index is -0.108. The number of carbonyl (C=O) groups excluding carboxylic acids is 1. The summed E-state index contributed by atoms with van der Waals surface area (Å²) in [5, 5.41) is 8.71. The fraction of sp³-hybridized carbons (Fsp3) is 0.417. The molecule has 3 heteroatoms. The number of hydrogen-bond acceptors (Lipinski definition) is 3.